The molecule has 0 atom stereocenters. The predicted molar refractivity (Wildman–Crippen MR) is 99.2 cm³/mol. The fraction of sp³-hybridized carbons (Fsp3) is 0.632. The summed E-state index contributed by atoms with van der Waals surface area (Å²) in [6.45, 7) is 3.39. The molecule has 142 valence electrons. The molecule has 0 radical (unpaired) electrons. The van der Waals surface area contributed by atoms with Crippen LogP contribution in [-0.4, -0.2) is 53.7 Å². The molecule has 1 aromatic heterocycles. The third-order valence-corrected chi connectivity index (χ3v) is 5.08. The standard InChI is InChI=1S/C19H28N4O3/c1-2-26-19(25)23-9-7-16(8-10-23)22-18(24)14-11-17(13-20-12-14)21-15-5-3-4-6-15/h11-13,15-16,21H,2-10H2,1H3,(H,22,24). The smallest absolute Gasteiger partial charge is 0.409 e. The van der Waals surface area contributed by atoms with E-state index in [9.17, 15) is 9.59 Å². The Morgan fingerprint density at radius 1 is 1.15 bits per heavy atom. The van der Waals surface area contributed by atoms with E-state index < -0.39 is 0 Å². The van der Waals surface area contributed by atoms with Crippen molar-refractivity contribution in [3.8, 4) is 0 Å². The third kappa shape index (κ3) is 4.86. The summed E-state index contributed by atoms with van der Waals surface area (Å²) in [6, 6.07) is 2.43. The number of hydrogen-bond acceptors (Lipinski definition) is 5. The molecule has 2 N–H and O–H groups in total. The largest absolute Gasteiger partial charge is 0.450 e. The van der Waals surface area contributed by atoms with E-state index in [2.05, 4.69) is 15.6 Å². The van der Waals surface area contributed by atoms with Gasteiger partial charge in [-0.05, 0) is 38.7 Å². The number of likely N-dealkylation sites (tertiary alicyclic amines) is 1. The van der Waals surface area contributed by atoms with Gasteiger partial charge in [-0.25, -0.2) is 4.79 Å². The van der Waals surface area contributed by atoms with Gasteiger partial charge in [-0.15, -0.1) is 0 Å². The zero-order valence-corrected chi connectivity index (χ0v) is 15.4. The first-order chi connectivity index (χ1) is 12.7. The van der Waals surface area contributed by atoms with Gasteiger partial charge in [0.2, 0.25) is 0 Å². The molecule has 1 saturated heterocycles. The number of rotatable bonds is 5. The fourth-order valence-electron chi connectivity index (χ4n) is 3.64. The molecule has 2 fully saturated rings. The molecule has 1 aliphatic heterocycles. The minimum absolute atomic E-state index is 0.0691. The minimum atomic E-state index is -0.271. The second-order valence-electron chi connectivity index (χ2n) is 7.02. The molecule has 3 rings (SSSR count). The number of piperidine rings is 1. The van der Waals surface area contributed by atoms with E-state index in [0.717, 1.165) is 18.5 Å². The highest BCUT2D eigenvalue weighted by molar-refractivity contribution is 5.94. The van der Waals surface area contributed by atoms with Crippen LogP contribution in [0.15, 0.2) is 18.5 Å². The number of anilines is 1. The Morgan fingerprint density at radius 3 is 2.58 bits per heavy atom. The van der Waals surface area contributed by atoms with E-state index in [0.29, 0.717) is 31.3 Å². The van der Waals surface area contributed by atoms with Gasteiger partial charge in [-0.1, -0.05) is 12.8 Å². The molecule has 1 aliphatic carbocycles. The molecule has 0 bridgehead atoms. The quantitative estimate of drug-likeness (QED) is 0.844. The Kier molecular flexibility index (Phi) is 6.30. The summed E-state index contributed by atoms with van der Waals surface area (Å²) in [6.07, 6.45) is 9.44. The zero-order chi connectivity index (χ0) is 18.4. The maximum absolute atomic E-state index is 12.5. The van der Waals surface area contributed by atoms with Crippen LogP contribution in [0.1, 0.15) is 55.8 Å². The van der Waals surface area contributed by atoms with Gasteiger partial charge in [-0.3, -0.25) is 9.78 Å². The molecule has 1 saturated carbocycles. The van der Waals surface area contributed by atoms with Gasteiger partial charge in [0.15, 0.2) is 0 Å². The van der Waals surface area contributed by atoms with Gasteiger partial charge < -0.3 is 20.3 Å². The number of hydrogen-bond donors (Lipinski definition) is 2. The van der Waals surface area contributed by atoms with Crippen molar-refractivity contribution in [3.05, 3.63) is 24.0 Å². The lowest BCUT2D eigenvalue weighted by Crippen LogP contribution is -2.46. The Labute approximate surface area is 154 Å². The van der Waals surface area contributed by atoms with E-state index in [1.165, 1.54) is 25.7 Å². The molecule has 26 heavy (non-hydrogen) atoms. The molecule has 0 spiro atoms. The van der Waals surface area contributed by atoms with Crippen molar-refractivity contribution in [2.45, 2.75) is 57.5 Å². The van der Waals surface area contributed by atoms with Gasteiger partial charge >= 0.3 is 6.09 Å². The molecule has 2 heterocycles. The van der Waals surface area contributed by atoms with Crippen molar-refractivity contribution in [3.63, 3.8) is 0 Å². The SMILES string of the molecule is CCOC(=O)N1CCC(NC(=O)c2cncc(NC3CCCC3)c2)CC1. The van der Waals surface area contributed by atoms with Gasteiger partial charge in [0.25, 0.3) is 5.91 Å². The van der Waals surface area contributed by atoms with Crippen molar-refractivity contribution < 1.29 is 14.3 Å². The maximum Gasteiger partial charge on any atom is 0.409 e. The Hall–Kier alpha value is -2.31. The average Bonchev–Trinajstić information content (AvgIpc) is 3.16. The van der Waals surface area contributed by atoms with Crippen LogP contribution in [0.5, 0.6) is 0 Å². The second kappa shape index (κ2) is 8.87. The number of nitrogens with one attached hydrogen (secondary N) is 2. The summed E-state index contributed by atoms with van der Waals surface area (Å²) in [4.78, 5) is 30.2. The molecule has 2 aliphatic rings. The normalized spacial score (nSPS) is 18.6. The minimum Gasteiger partial charge on any atom is -0.450 e. The van der Waals surface area contributed by atoms with Crippen molar-refractivity contribution in [1.29, 1.82) is 0 Å². The zero-order valence-electron chi connectivity index (χ0n) is 15.4. The number of ether oxygens (including phenoxy) is 1. The summed E-state index contributed by atoms with van der Waals surface area (Å²) in [5.41, 5.74) is 1.47. The number of carbonyl (C=O) groups is 2. The van der Waals surface area contributed by atoms with Crippen molar-refractivity contribution >= 4 is 17.7 Å². The molecule has 1 aromatic rings. The lowest BCUT2D eigenvalue weighted by Gasteiger charge is -2.31. The maximum atomic E-state index is 12.5. The molecule has 0 aromatic carbocycles. The Morgan fingerprint density at radius 2 is 1.88 bits per heavy atom. The van der Waals surface area contributed by atoms with E-state index in [4.69, 9.17) is 4.74 Å². The highest BCUT2D eigenvalue weighted by atomic mass is 16.6. The van der Waals surface area contributed by atoms with Crippen LogP contribution in [0.3, 0.4) is 0 Å². The second-order valence-corrected chi connectivity index (χ2v) is 7.02. The Balaban J connectivity index is 1.50. The first-order valence-corrected chi connectivity index (χ1v) is 9.60. The predicted octanol–water partition coefficient (Wildman–Crippen LogP) is 2.79. The van der Waals surface area contributed by atoms with Crippen LogP contribution in [0.4, 0.5) is 10.5 Å². The molecule has 0 unspecified atom stereocenters. The number of amides is 2. The van der Waals surface area contributed by atoms with Crippen LogP contribution in [0, 0.1) is 0 Å². The van der Waals surface area contributed by atoms with E-state index >= 15 is 0 Å². The Bertz CT molecular complexity index is 623. The number of aromatic nitrogens is 1. The topological polar surface area (TPSA) is 83.6 Å². The van der Waals surface area contributed by atoms with Crippen LogP contribution >= 0.6 is 0 Å². The van der Waals surface area contributed by atoms with Crippen molar-refractivity contribution in [1.82, 2.24) is 15.2 Å². The van der Waals surface area contributed by atoms with Crippen LogP contribution in [0.25, 0.3) is 0 Å². The lowest BCUT2D eigenvalue weighted by molar-refractivity contribution is 0.0860. The molecular formula is C19H28N4O3. The fourth-order valence-corrected chi connectivity index (χ4v) is 3.64. The van der Waals surface area contributed by atoms with Crippen LogP contribution < -0.4 is 10.6 Å². The van der Waals surface area contributed by atoms with Crippen molar-refractivity contribution in [2.75, 3.05) is 25.0 Å². The van der Waals surface area contributed by atoms with E-state index in [1.54, 1.807) is 24.2 Å². The van der Waals surface area contributed by atoms with E-state index in [1.807, 2.05) is 6.07 Å². The number of nitrogens with zero attached hydrogens (tertiary/aromatic N) is 2. The molecule has 2 amide bonds. The van der Waals surface area contributed by atoms with E-state index in [-0.39, 0.29) is 18.0 Å². The lowest BCUT2D eigenvalue weighted by atomic mass is 10.0. The monoisotopic (exact) mass is 360 g/mol. The van der Waals surface area contributed by atoms with Crippen LogP contribution in [0.2, 0.25) is 0 Å². The van der Waals surface area contributed by atoms with Gasteiger partial charge in [0.1, 0.15) is 0 Å². The average molecular weight is 360 g/mol. The first kappa shape index (κ1) is 18.5. The summed E-state index contributed by atoms with van der Waals surface area (Å²) < 4.78 is 5.02. The van der Waals surface area contributed by atoms with Crippen LogP contribution in [-0.2, 0) is 4.74 Å². The number of carbonyl (C=O) groups excluding carboxylic acids is 2. The molecule has 7 nitrogen and oxygen atoms in total. The third-order valence-electron chi connectivity index (χ3n) is 5.08. The summed E-state index contributed by atoms with van der Waals surface area (Å²) in [7, 11) is 0. The summed E-state index contributed by atoms with van der Waals surface area (Å²) >= 11 is 0. The summed E-state index contributed by atoms with van der Waals surface area (Å²) in [5.74, 6) is -0.109. The molecular weight excluding hydrogens is 332 g/mol. The number of pyridine rings is 1. The first-order valence-electron chi connectivity index (χ1n) is 9.60. The van der Waals surface area contributed by atoms with Crippen molar-refractivity contribution in [2.24, 2.45) is 0 Å². The van der Waals surface area contributed by atoms with Gasteiger partial charge in [0, 0.05) is 37.6 Å². The highest BCUT2D eigenvalue weighted by Crippen LogP contribution is 2.22. The van der Waals surface area contributed by atoms with Gasteiger partial charge in [0.05, 0.1) is 17.9 Å². The molecule has 7 heteroatoms. The summed E-state index contributed by atoms with van der Waals surface area (Å²) in [5, 5.41) is 6.53. The van der Waals surface area contributed by atoms with Gasteiger partial charge in [-0.2, -0.15) is 0 Å². The highest BCUT2D eigenvalue weighted by Gasteiger charge is 2.25.